The first kappa shape index (κ1) is 34.2. The molecule has 0 fully saturated rings. The maximum Gasteiger partial charge on any atom is 0.264 e. The summed E-state index contributed by atoms with van der Waals surface area (Å²) in [5.74, 6) is -0.686. The molecule has 1 atom stereocenters. The third kappa shape index (κ3) is 8.65. The number of carbonyl (C=O) groups is 2. The Kier molecular flexibility index (Phi) is 11.2. The van der Waals surface area contributed by atoms with Crippen LogP contribution in [0.2, 0.25) is 10.0 Å². The molecule has 0 radical (unpaired) electrons. The average Bonchev–Trinajstić information content (AvgIpc) is 2.91. The number of hydrogen-bond donors (Lipinski definition) is 1. The fourth-order valence-corrected chi connectivity index (χ4v) is 6.44. The maximum atomic E-state index is 14.3. The summed E-state index contributed by atoms with van der Waals surface area (Å²) in [5.41, 5.74) is 1.85. The number of rotatable bonds is 11. The van der Waals surface area contributed by atoms with E-state index in [9.17, 15) is 18.0 Å². The zero-order valence-corrected chi connectivity index (χ0v) is 27.9. The molecule has 2 amide bonds. The largest absolute Gasteiger partial charge is 0.495 e. The third-order valence-electron chi connectivity index (χ3n) is 6.73. The highest BCUT2D eigenvalue weighted by Gasteiger charge is 2.35. The summed E-state index contributed by atoms with van der Waals surface area (Å²) in [4.78, 5) is 29.2. The molecular formula is C32H39Cl2N3O5S. The van der Waals surface area contributed by atoms with E-state index in [4.69, 9.17) is 27.9 Å². The lowest BCUT2D eigenvalue weighted by molar-refractivity contribution is -0.141. The first-order valence-corrected chi connectivity index (χ1v) is 16.1. The smallest absolute Gasteiger partial charge is 0.264 e. The number of hydrogen-bond acceptors (Lipinski definition) is 5. The van der Waals surface area contributed by atoms with Gasteiger partial charge in [-0.05, 0) is 88.6 Å². The summed E-state index contributed by atoms with van der Waals surface area (Å²) in [6, 6.07) is 15.5. The van der Waals surface area contributed by atoms with E-state index in [0.717, 1.165) is 15.4 Å². The third-order valence-corrected chi connectivity index (χ3v) is 9.09. The molecule has 0 aliphatic rings. The van der Waals surface area contributed by atoms with Crippen LogP contribution in [0.5, 0.6) is 5.75 Å². The van der Waals surface area contributed by atoms with E-state index in [-0.39, 0.29) is 35.2 Å². The first-order chi connectivity index (χ1) is 20.1. The molecule has 8 nitrogen and oxygen atoms in total. The molecule has 3 rings (SSSR count). The quantitative estimate of drug-likeness (QED) is 0.255. The Hall–Kier alpha value is -3.27. The number of halogens is 2. The molecule has 1 N–H and O–H groups in total. The number of sulfonamides is 1. The molecule has 3 aromatic rings. The number of nitrogens with zero attached hydrogens (tertiary/aromatic N) is 2. The maximum absolute atomic E-state index is 14.3. The minimum Gasteiger partial charge on any atom is -0.495 e. The van der Waals surface area contributed by atoms with Crippen molar-refractivity contribution in [3.63, 3.8) is 0 Å². The van der Waals surface area contributed by atoms with E-state index in [1.54, 1.807) is 55.5 Å². The molecule has 232 valence electrons. The lowest BCUT2D eigenvalue weighted by atomic mass is 10.1. The molecule has 0 heterocycles. The lowest BCUT2D eigenvalue weighted by Crippen LogP contribution is -2.55. The summed E-state index contributed by atoms with van der Waals surface area (Å²) in [7, 11) is -2.82. The van der Waals surface area contributed by atoms with Gasteiger partial charge in [0.1, 0.15) is 18.3 Å². The first-order valence-electron chi connectivity index (χ1n) is 13.9. The molecule has 0 aromatic heterocycles. The van der Waals surface area contributed by atoms with Gasteiger partial charge in [0.2, 0.25) is 11.8 Å². The Morgan fingerprint density at radius 3 is 2.14 bits per heavy atom. The highest BCUT2D eigenvalue weighted by Crippen LogP contribution is 2.34. The molecule has 0 saturated carbocycles. The summed E-state index contributed by atoms with van der Waals surface area (Å²) >= 11 is 12.6. The van der Waals surface area contributed by atoms with Crippen LogP contribution in [0.3, 0.4) is 0 Å². The van der Waals surface area contributed by atoms with Gasteiger partial charge in [-0.25, -0.2) is 8.42 Å². The second kappa shape index (κ2) is 14.0. The van der Waals surface area contributed by atoms with Gasteiger partial charge in [-0.15, -0.1) is 0 Å². The van der Waals surface area contributed by atoms with Crippen molar-refractivity contribution >= 4 is 50.7 Å². The monoisotopic (exact) mass is 647 g/mol. The van der Waals surface area contributed by atoms with Crippen molar-refractivity contribution in [2.75, 3.05) is 18.0 Å². The van der Waals surface area contributed by atoms with Gasteiger partial charge < -0.3 is 15.0 Å². The van der Waals surface area contributed by atoms with Crippen molar-refractivity contribution in [1.82, 2.24) is 10.2 Å². The predicted octanol–water partition coefficient (Wildman–Crippen LogP) is 6.54. The van der Waals surface area contributed by atoms with E-state index < -0.39 is 34.1 Å². The van der Waals surface area contributed by atoms with Gasteiger partial charge in [-0.2, -0.15) is 0 Å². The number of ether oxygens (including phenoxy) is 1. The van der Waals surface area contributed by atoms with Crippen molar-refractivity contribution in [2.45, 2.75) is 71.0 Å². The molecule has 11 heteroatoms. The van der Waals surface area contributed by atoms with E-state index in [1.165, 1.54) is 24.1 Å². The van der Waals surface area contributed by atoms with Crippen LogP contribution in [-0.4, -0.2) is 50.4 Å². The molecule has 3 aromatic carbocycles. The minimum absolute atomic E-state index is 0.0132. The van der Waals surface area contributed by atoms with Crippen LogP contribution >= 0.6 is 23.2 Å². The summed E-state index contributed by atoms with van der Waals surface area (Å²) in [6.45, 7) is 10.4. The minimum atomic E-state index is -4.26. The molecule has 0 spiro atoms. The van der Waals surface area contributed by atoms with Gasteiger partial charge in [-0.3, -0.25) is 13.9 Å². The van der Waals surface area contributed by atoms with Gasteiger partial charge in [0.25, 0.3) is 10.0 Å². The van der Waals surface area contributed by atoms with Crippen LogP contribution in [0.25, 0.3) is 0 Å². The number of anilines is 1. The fourth-order valence-electron chi connectivity index (χ4n) is 4.55. The van der Waals surface area contributed by atoms with E-state index in [0.29, 0.717) is 15.6 Å². The zero-order chi connectivity index (χ0) is 32.1. The molecule has 0 saturated heterocycles. The van der Waals surface area contributed by atoms with E-state index in [2.05, 4.69) is 5.32 Å². The van der Waals surface area contributed by atoms with Gasteiger partial charge in [0, 0.05) is 22.1 Å². The average molecular weight is 649 g/mol. The molecular weight excluding hydrogens is 609 g/mol. The predicted molar refractivity (Wildman–Crippen MR) is 172 cm³/mol. The Bertz CT molecular complexity index is 1570. The van der Waals surface area contributed by atoms with Gasteiger partial charge in [0.05, 0.1) is 17.7 Å². The Balaban J connectivity index is 2.17. The topological polar surface area (TPSA) is 96.0 Å². The molecule has 0 bridgehead atoms. The molecule has 43 heavy (non-hydrogen) atoms. The summed E-state index contributed by atoms with van der Waals surface area (Å²) in [6.07, 6.45) is 0.275. The number of nitrogens with one attached hydrogen (secondary N) is 1. The van der Waals surface area contributed by atoms with Crippen LogP contribution in [-0.2, 0) is 26.2 Å². The Morgan fingerprint density at radius 1 is 0.953 bits per heavy atom. The second-order valence-corrected chi connectivity index (χ2v) is 14.1. The van der Waals surface area contributed by atoms with Crippen LogP contribution in [0.15, 0.2) is 65.6 Å². The van der Waals surface area contributed by atoms with Crippen LogP contribution in [0.1, 0.15) is 50.8 Å². The fraction of sp³-hybridized carbons (Fsp3) is 0.375. The highest BCUT2D eigenvalue weighted by molar-refractivity contribution is 7.92. The Morgan fingerprint density at radius 2 is 1.58 bits per heavy atom. The summed E-state index contributed by atoms with van der Waals surface area (Å²) < 4.78 is 34.9. The lowest BCUT2D eigenvalue weighted by Gasteiger charge is -2.35. The van der Waals surface area contributed by atoms with Crippen molar-refractivity contribution in [3.8, 4) is 5.75 Å². The van der Waals surface area contributed by atoms with Crippen LogP contribution in [0, 0.1) is 13.8 Å². The highest BCUT2D eigenvalue weighted by atomic mass is 35.5. The second-order valence-electron chi connectivity index (χ2n) is 11.4. The van der Waals surface area contributed by atoms with Crippen LogP contribution in [0.4, 0.5) is 5.69 Å². The number of benzene rings is 3. The normalized spacial score (nSPS) is 12.4. The Labute approximate surface area is 265 Å². The molecule has 0 unspecified atom stereocenters. The van der Waals surface area contributed by atoms with Gasteiger partial charge in [-0.1, -0.05) is 60.0 Å². The zero-order valence-electron chi connectivity index (χ0n) is 25.6. The van der Waals surface area contributed by atoms with Crippen molar-refractivity contribution in [3.05, 3.63) is 87.4 Å². The van der Waals surface area contributed by atoms with Crippen molar-refractivity contribution in [1.29, 1.82) is 0 Å². The SMILES string of the molecule is CC[C@@H](C(=O)NC(C)(C)C)N(Cc1ccc(Cl)cc1Cl)C(=O)CN(c1cc(C)ccc1OC)S(=O)(=O)c1ccc(C)cc1. The summed E-state index contributed by atoms with van der Waals surface area (Å²) in [5, 5.41) is 3.69. The number of methoxy groups -OCH3 is 1. The van der Waals surface area contributed by atoms with Gasteiger partial charge >= 0.3 is 0 Å². The number of aryl methyl sites for hydroxylation is 2. The molecule has 0 aliphatic heterocycles. The van der Waals surface area contributed by atoms with E-state index in [1.807, 2.05) is 34.6 Å². The standard InChI is InChI=1S/C32H39Cl2N3O5S/c1-8-27(31(39)35-32(4,5)6)36(19-23-12-13-24(33)18-26(23)34)30(38)20-37(28-17-22(3)11-16-29(28)42-7)43(40,41)25-14-9-21(2)10-15-25/h9-18,27H,8,19-20H2,1-7H3,(H,35,39)/t27-/m0/s1. The number of carbonyl (C=O) groups excluding carboxylic acids is 2. The van der Waals surface area contributed by atoms with Crippen LogP contribution < -0.4 is 14.4 Å². The number of amides is 2. The molecule has 0 aliphatic carbocycles. The van der Waals surface area contributed by atoms with Crippen molar-refractivity contribution < 1.29 is 22.7 Å². The van der Waals surface area contributed by atoms with E-state index >= 15 is 0 Å². The van der Waals surface area contributed by atoms with Crippen molar-refractivity contribution in [2.24, 2.45) is 0 Å². The van der Waals surface area contributed by atoms with Gasteiger partial charge in [0.15, 0.2) is 0 Å².